The van der Waals surface area contributed by atoms with Crippen LogP contribution in [0.1, 0.15) is 59.7 Å². The lowest BCUT2D eigenvalue weighted by Crippen LogP contribution is -2.47. The molecule has 0 saturated carbocycles. The minimum absolute atomic E-state index is 0.0136. The molecule has 1 aliphatic heterocycles. The number of rotatable bonds is 8. The molecule has 1 N–H and O–H groups in total. The summed E-state index contributed by atoms with van der Waals surface area (Å²) < 4.78 is 10.4. The van der Waals surface area contributed by atoms with Crippen molar-refractivity contribution in [2.75, 3.05) is 6.61 Å². The van der Waals surface area contributed by atoms with E-state index in [1.165, 1.54) is 6.26 Å². The van der Waals surface area contributed by atoms with Gasteiger partial charge in [-0.05, 0) is 43.5 Å². The maximum Gasteiger partial charge on any atom is 0.329 e. The first kappa shape index (κ1) is 21.3. The number of amides is 3. The van der Waals surface area contributed by atoms with E-state index in [9.17, 15) is 19.2 Å². The van der Waals surface area contributed by atoms with Crippen LogP contribution in [-0.2, 0) is 14.3 Å². The third kappa shape index (κ3) is 4.42. The van der Waals surface area contributed by atoms with Gasteiger partial charge in [0.15, 0.2) is 6.61 Å². The number of nitrogens with one attached hydrogen (secondary N) is 1. The van der Waals surface area contributed by atoms with Crippen LogP contribution < -0.4 is 5.32 Å². The smallest absolute Gasteiger partial charge is 0.329 e. The zero-order chi connectivity index (χ0) is 21.8. The van der Waals surface area contributed by atoms with Crippen LogP contribution in [0.4, 0.5) is 0 Å². The molecule has 2 heterocycles. The largest absolute Gasteiger partial charge is 0.467 e. The first-order valence-electron chi connectivity index (χ1n) is 9.76. The molecule has 1 aromatic carbocycles. The SMILES string of the molecule is CC(C)C[C@H](C(=O)OCC(=O)N[C@H](C)c1ccco1)N1C(=O)c2ccccc2C1=O. The highest BCUT2D eigenvalue weighted by atomic mass is 16.5. The standard InChI is InChI=1S/C22H24N2O6/c1-13(2)11-17(24-20(26)15-7-4-5-8-16(15)21(24)27)22(28)30-12-19(25)23-14(3)18-9-6-10-29-18/h4-10,13-14,17H,11-12H2,1-3H3,(H,23,25)/t14-,17-/m1/s1. The Morgan fingerprint density at radius 1 is 1.03 bits per heavy atom. The fourth-order valence-electron chi connectivity index (χ4n) is 3.37. The molecule has 8 heteroatoms. The van der Waals surface area contributed by atoms with Gasteiger partial charge in [-0.1, -0.05) is 26.0 Å². The van der Waals surface area contributed by atoms with E-state index < -0.39 is 42.4 Å². The molecule has 0 bridgehead atoms. The summed E-state index contributed by atoms with van der Waals surface area (Å²) in [7, 11) is 0. The fourth-order valence-corrected chi connectivity index (χ4v) is 3.37. The van der Waals surface area contributed by atoms with Crippen LogP contribution >= 0.6 is 0 Å². The summed E-state index contributed by atoms with van der Waals surface area (Å²) in [5, 5.41) is 2.66. The number of furan rings is 1. The Morgan fingerprint density at radius 2 is 1.67 bits per heavy atom. The van der Waals surface area contributed by atoms with Gasteiger partial charge < -0.3 is 14.5 Å². The Hall–Kier alpha value is -3.42. The number of carbonyl (C=O) groups excluding carboxylic acids is 4. The van der Waals surface area contributed by atoms with E-state index in [1.54, 1.807) is 43.3 Å². The molecule has 3 rings (SSSR count). The van der Waals surface area contributed by atoms with Crippen molar-refractivity contribution in [3.8, 4) is 0 Å². The number of imide groups is 1. The number of esters is 1. The van der Waals surface area contributed by atoms with E-state index in [1.807, 2.05) is 13.8 Å². The molecule has 1 aromatic heterocycles. The third-order valence-electron chi connectivity index (χ3n) is 4.80. The van der Waals surface area contributed by atoms with Crippen LogP contribution in [0.3, 0.4) is 0 Å². The van der Waals surface area contributed by atoms with Crippen molar-refractivity contribution in [1.82, 2.24) is 10.2 Å². The molecule has 2 atom stereocenters. The highest BCUT2D eigenvalue weighted by Crippen LogP contribution is 2.27. The van der Waals surface area contributed by atoms with Gasteiger partial charge in [0.25, 0.3) is 17.7 Å². The van der Waals surface area contributed by atoms with Gasteiger partial charge in [0, 0.05) is 0 Å². The van der Waals surface area contributed by atoms with Crippen LogP contribution in [0, 0.1) is 5.92 Å². The maximum absolute atomic E-state index is 12.8. The van der Waals surface area contributed by atoms with E-state index in [0.29, 0.717) is 5.76 Å². The van der Waals surface area contributed by atoms with Crippen LogP contribution in [0.15, 0.2) is 47.1 Å². The summed E-state index contributed by atoms with van der Waals surface area (Å²) in [6.45, 7) is 4.95. The van der Waals surface area contributed by atoms with Gasteiger partial charge in [-0.2, -0.15) is 0 Å². The second kappa shape index (κ2) is 8.94. The Balaban J connectivity index is 1.67. The molecule has 2 aromatic rings. The summed E-state index contributed by atoms with van der Waals surface area (Å²) in [6.07, 6.45) is 1.73. The first-order valence-corrected chi connectivity index (χ1v) is 9.76. The third-order valence-corrected chi connectivity index (χ3v) is 4.80. The Labute approximate surface area is 174 Å². The molecule has 30 heavy (non-hydrogen) atoms. The maximum atomic E-state index is 12.8. The molecule has 0 unspecified atom stereocenters. The van der Waals surface area contributed by atoms with E-state index in [0.717, 1.165) is 4.90 Å². The summed E-state index contributed by atoms with van der Waals surface area (Å²) in [4.78, 5) is 51.4. The van der Waals surface area contributed by atoms with Gasteiger partial charge in [-0.3, -0.25) is 19.3 Å². The number of benzene rings is 1. The van der Waals surface area contributed by atoms with Gasteiger partial charge in [0.2, 0.25) is 0 Å². The van der Waals surface area contributed by atoms with E-state index >= 15 is 0 Å². The fraction of sp³-hybridized carbons (Fsp3) is 0.364. The van der Waals surface area contributed by atoms with Crippen LogP contribution in [0.25, 0.3) is 0 Å². The summed E-state index contributed by atoms with van der Waals surface area (Å²) >= 11 is 0. The highest BCUT2D eigenvalue weighted by Gasteiger charge is 2.43. The number of hydrogen-bond donors (Lipinski definition) is 1. The number of nitrogens with zero attached hydrogens (tertiary/aromatic N) is 1. The number of hydrogen-bond acceptors (Lipinski definition) is 6. The molecule has 0 spiro atoms. The van der Waals surface area contributed by atoms with Crippen molar-refractivity contribution in [1.29, 1.82) is 0 Å². The predicted molar refractivity (Wildman–Crippen MR) is 106 cm³/mol. The Kier molecular flexibility index (Phi) is 6.34. The summed E-state index contributed by atoms with van der Waals surface area (Å²) in [6, 6.07) is 8.35. The van der Waals surface area contributed by atoms with Gasteiger partial charge in [0.05, 0.1) is 23.4 Å². The molecule has 0 fully saturated rings. The van der Waals surface area contributed by atoms with Crippen molar-refractivity contribution < 1.29 is 28.3 Å². The molecule has 0 saturated heterocycles. The molecule has 158 valence electrons. The highest BCUT2D eigenvalue weighted by molar-refractivity contribution is 6.22. The lowest BCUT2D eigenvalue weighted by molar-refractivity contribution is -0.153. The van der Waals surface area contributed by atoms with Gasteiger partial charge >= 0.3 is 5.97 Å². The van der Waals surface area contributed by atoms with Gasteiger partial charge in [-0.15, -0.1) is 0 Å². The lowest BCUT2D eigenvalue weighted by Gasteiger charge is -2.26. The topological polar surface area (TPSA) is 106 Å². The molecule has 0 radical (unpaired) electrons. The Morgan fingerprint density at radius 3 is 2.20 bits per heavy atom. The van der Waals surface area contributed by atoms with Gasteiger partial charge in [0.1, 0.15) is 11.8 Å². The quantitative estimate of drug-likeness (QED) is 0.528. The van der Waals surface area contributed by atoms with Crippen LogP contribution in [-0.4, -0.2) is 41.2 Å². The minimum Gasteiger partial charge on any atom is -0.467 e. The van der Waals surface area contributed by atoms with Crippen LogP contribution in [0.5, 0.6) is 0 Å². The molecular formula is C22H24N2O6. The average Bonchev–Trinajstić information content (AvgIpc) is 3.33. The van der Waals surface area contributed by atoms with Crippen molar-refractivity contribution in [2.45, 2.75) is 39.3 Å². The van der Waals surface area contributed by atoms with Crippen molar-refractivity contribution in [3.63, 3.8) is 0 Å². The van der Waals surface area contributed by atoms with Crippen molar-refractivity contribution in [3.05, 3.63) is 59.5 Å². The van der Waals surface area contributed by atoms with E-state index in [-0.39, 0.29) is 23.5 Å². The van der Waals surface area contributed by atoms with Gasteiger partial charge in [-0.25, -0.2) is 4.79 Å². The zero-order valence-electron chi connectivity index (χ0n) is 17.1. The molecular weight excluding hydrogens is 388 g/mol. The minimum atomic E-state index is -1.10. The van der Waals surface area contributed by atoms with E-state index in [2.05, 4.69) is 5.32 Å². The molecule has 8 nitrogen and oxygen atoms in total. The van der Waals surface area contributed by atoms with Crippen molar-refractivity contribution in [2.24, 2.45) is 5.92 Å². The lowest BCUT2D eigenvalue weighted by atomic mass is 10.0. The predicted octanol–water partition coefficient (Wildman–Crippen LogP) is 2.71. The summed E-state index contributed by atoms with van der Waals surface area (Å²) in [5.41, 5.74) is 0.517. The number of ether oxygens (including phenoxy) is 1. The molecule has 3 amide bonds. The van der Waals surface area contributed by atoms with Crippen LogP contribution in [0.2, 0.25) is 0 Å². The zero-order valence-corrected chi connectivity index (χ0v) is 17.1. The normalized spacial score (nSPS) is 15.1. The molecule has 1 aliphatic rings. The number of carbonyl (C=O) groups is 4. The first-order chi connectivity index (χ1) is 14.3. The van der Waals surface area contributed by atoms with E-state index in [4.69, 9.17) is 9.15 Å². The monoisotopic (exact) mass is 412 g/mol. The average molecular weight is 412 g/mol. The Bertz CT molecular complexity index is 915. The van der Waals surface area contributed by atoms with Crippen molar-refractivity contribution >= 4 is 23.7 Å². The molecule has 0 aliphatic carbocycles. The second-order valence-corrected chi connectivity index (χ2v) is 7.58. The summed E-state index contributed by atoms with van der Waals surface area (Å²) in [5.74, 6) is -1.79. The number of fused-ring (bicyclic) bond motifs is 1. The second-order valence-electron chi connectivity index (χ2n) is 7.58.